The van der Waals surface area contributed by atoms with Crippen molar-refractivity contribution >= 4 is 0 Å². The molecule has 152 valence electrons. The molecule has 1 aliphatic rings. The summed E-state index contributed by atoms with van der Waals surface area (Å²) in [5.41, 5.74) is 0.661. The van der Waals surface area contributed by atoms with Gasteiger partial charge in [-0.3, -0.25) is 0 Å². The maximum atomic E-state index is 14.8. The fourth-order valence-electron chi connectivity index (χ4n) is 3.59. The summed E-state index contributed by atoms with van der Waals surface area (Å²) in [6, 6.07) is 7.32. The lowest BCUT2D eigenvalue weighted by atomic mass is 9.89. The van der Waals surface area contributed by atoms with E-state index in [0.717, 1.165) is 32.1 Å². The molecule has 1 heterocycles. The first-order chi connectivity index (χ1) is 13.5. The molecule has 2 aromatic rings. The summed E-state index contributed by atoms with van der Waals surface area (Å²) >= 11 is 0. The van der Waals surface area contributed by atoms with Crippen LogP contribution >= 0.6 is 0 Å². The van der Waals surface area contributed by atoms with Gasteiger partial charge in [0.05, 0.1) is 19.3 Å². The second-order valence-electron chi connectivity index (χ2n) is 7.32. The topological polar surface area (TPSA) is 18.5 Å². The molecule has 2 nitrogen and oxygen atoms in total. The van der Waals surface area contributed by atoms with E-state index >= 15 is 0 Å². The Balaban J connectivity index is 1.80. The number of ether oxygens (including phenoxy) is 2. The van der Waals surface area contributed by atoms with E-state index in [1.807, 2.05) is 6.92 Å². The summed E-state index contributed by atoms with van der Waals surface area (Å²) in [6.45, 7) is 4.89. The zero-order valence-electron chi connectivity index (χ0n) is 16.4. The number of hydrogen-bond donors (Lipinski definition) is 0. The normalized spacial score (nSPS) is 19.6. The van der Waals surface area contributed by atoms with Crippen molar-refractivity contribution < 1.29 is 22.6 Å². The number of benzene rings is 2. The van der Waals surface area contributed by atoms with Gasteiger partial charge in [-0.05, 0) is 48.9 Å². The Hall–Kier alpha value is -2.01. The third-order valence-electron chi connectivity index (χ3n) is 5.38. The van der Waals surface area contributed by atoms with E-state index in [0.29, 0.717) is 18.8 Å². The maximum Gasteiger partial charge on any atom is 0.166 e. The van der Waals surface area contributed by atoms with Crippen LogP contribution in [0.4, 0.5) is 13.2 Å². The Kier molecular flexibility index (Phi) is 7.00. The van der Waals surface area contributed by atoms with Gasteiger partial charge >= 0.3 is 0 Å². The van der Waals surface area contributed by atoms with Crippen molar-refractivity contribution in [2.45, 2.75) is 58.0 Å². The number of hydrogen-bond acceptors (Lipinski definition) is 2. The third-order valence-corrected chi connectivity index (χ3v) is 5.38. The van der Waals surface area contributed by atoms with Gasteiger partial charge in [0, 0.05) is 11.5 Å². The molecule has 3 rings (SSSR count). The van der Waals surface area contributed by atoms with Gasteiger partial charge in [-0.15, -0.1) is 0 Å². The minimum Gasteiger partial charge on any atom is -0.491 e. The molecule has 0 bridgehead atoms. The summed E-state index contributed by atoms with van der Waals surface area (Å²) in [7, 11) is 0. The van der Waals surface area contributed by atoms with Gasteiger partial charge < -0.3 is 9.47 Å². The molecule has 0 saturated carbocycles. The molecule has 28 heavy (non-hydrogen) atoms. The lowest BCUT2D eigenvalue weighted by molar-refractivity contribution is 0.00131. The second kappa shape index (κ2) is 9.46. The van der Waals surface area contributed by atoms with E-state index in [-0.39, 0.29) is 28.9 Å². The monoisotopic (exact) mass is 392 g/mol. The van der Waals surface area contributed by atoms with E-state index < -0.39 is 17.5 Å². The first kappa shape index (κ1) is 20.7. The summed E-state index contributed by atoms with van der Waals surface area (Å²) in [5, 5.41) is 0. The molecule has 0 radical (unpaired) electrons. The summed E-state index contributed by atoms with van der Waals surface area (Å²) in [6.07, 6.45) is 4.51. The quantitative estimate of drug-likeness (QED) is 0.493. The molecular formula is C23H27F3O2. The number of rotatable bonds is 7. The lowest BCUT2D eigenvalue weighted by Gasteiger charge is -2.29. The average Bonchev–Trinajstić information content (AvgIpc) is 2.71. The van der Waals surface area contributed by atoms with Gasteiger partial charge in [-0.25, -0.2) is 13.2 Å². The predicted molar refractivity (Wildman–Crippen MR) is 104 cm³/mol. The number of halogens is 3. The molecule has 2 unspecified atom stereocenters. The minimum absolute atomic E-state index is 0.0448. The first-order valence-corrected chi connectivity index (χ1v) is 10.1. The Morgan fingerprint density at radius 2 is 1.86 bits per heavy atom. The van der Waals surface area contributed by atoms with Crippen LogP contribution < -0.4 is 4.74 Å². The number of unbranched alkanes of at least 4 members (excludes halogenated alkanes) is 1. The minimum atomic E-state index is -0.950. The van der Waals surface area contributed by atoms with Gasteiger partial charge in [-0.2, -0.15) is 0 Å². The fourth-order valence-corrected chi connectivity index (χ4v) is 3.59. The molecule has 1 aliphatic heterocycles. The Bertz CT molecular complexity index is 799. The molecule has 1 fully saturated rings. The van der Waals surface area contributed by atoms with Gasteiger partial charge in [0.1, 0.15) is 0 Å². The van der Waals surface area contributed by atoms with Crippen LogP contribution in [0.5, 0.6) is 5.75 Å². The van der Waals surface area contributed by atoms with Gasteiger partial charge in [0.2, 0.25) is 0 Å². The third kappa shape index (κ3) is 4.52. The summed E-state index contributed by atoms with van der Waals surface area (Å²) in [4.78, 5) is 0. The fraction of sp³-hybridized carbons (Fsp3) is 0.478. The molecule has 0 N–H and O–H groups in total. The van der Waals surface area contributed by atoms with Crippen LogP contribution in [0.25, 0.3) is 11.1 Å². The molecule has 0 amide bonds. The Morgan fingerprint density at radius 3 is 2.50 bits per heavy atom. The van der Waals surface area contributed by atoms with Crippen molar-refractivity contribution in [3.63, 3.8) is 0 Å². The largest absolute Gasteiger partial charge is 0.491 e. The van der Waals surface area contributed by atoms with Crippen molar-refractivity contribution in [3.8, 4) is 16.9 Å². The maximum absolute atomic E-state index is 14.8. The molecule has 0 aromatic heterocycles. The predicted octanol–water partition coefficient (Wildman–Crippen LogP) is 6.62. The molecule has 0 aliphatic carbocycles. The van der Waals surface area contributed by atoms with E-state index in [2.05, 4.69) is 6.92 Å². The first-order valence-electron chi connectivity index (χ1n) is 10.1. The smallest absolute Gasteiger partial charge is 0.166 e. The van der Waals surface area contributed by atoms with Crippen LogP contribution in [0, 0.1) is 17.5 Å². The van der Waals surface area contributed by atoms with Crippen LogP contribution in [-0.2, 0) is 4.74 Å². The molecular weight excluding hydrogens is 365 g/mol. The van der Waals surface area contributed by atoms with Crippen LogP contribution in [0.1, 0.15) is 57.4 Å². The highest BCUT2D eigenvalue weighted by Crippen LogP contribution is 2.35. The standard InChI is InChI=1S/C23H27F3O2/c1-3-5-12-27-21-11-7-15(13-20(21)24)18-9-10-19(23(26)22(18)25)16-6-8-17(4-2)28-14-16/h7,9-11,13,16-17H,3-6,8,12,14H2,1-2H3. The lowest BCUT2D eigenvalue weighted by Crippen LogP contribution is -2.24. The van der Waals surface area contributed by atoms with Gasteiger partial charge in [0.15, 0.2) is 23.2 Å². The van der Waals surface area contributed by atoms with Crippen molar-refractivity contribution in [2.24, 2.45) is 0 Å². The highest BCUT2D eigenvalue weighted by Gasteiger charge is 2.26. The highest BCUT2D eigenvalue weighted by atomic mass is 19.2. The summed E-state index contributed by atoms with van der Waals surface area (Å²) in [5.74, 6) is -2.43. The van der Waals surface area contributed by atoms with Crippen molar-refractivity contribution in [1.82, 2.24) is 0 Å². The Labute approximate surface area is 164 Å². The molecule has 2 atom stereocenters. The molecule has 2 aromatic carbocycles. The molecule has 0 spiro atoms. The van der Waals surface area contributed by atoms with E-state index in [1.54, 1.807) is 12.1 Å². The molecule has 5 heteroatoms. The van der Waals surface area contributed by atoms with Crippen molar-refractivity contribution in [1.29, 1.82) is 0 Å². The summed E-state index contributed by atoms with van der Waals surface area (Å²) < 4.78 is 54.9. The van der Waals surface area contributed by atoms with E-state index in [1.165, 1.54) is 18.2 Å². The average molecular weight is 392 g/mol. The SMILES string of the molecule is CCCCOc1ccc(-c2ccc(C3CCC(CC)OC3)c(F)c2F)cc1F. The molecule has 1 saturated heterocycles. The van der Waals surface area contributed by atoms with E-state index in [9.17, 15) is 13.2 Å². The van der Waals surface area contributed by atoms with Crippen LogP contribution in [0.15, 0.2) is 30.3 Å². The highest BCUT2D eigenvalue weighted by molar-refractivity contribution is 5.66. The second-order valence-corrected chi connectivity index (χ2v) is 7.32. The van der Waals surface area contributed by atoms with Crippen molar-refractivity contribution in [2.75, 3.05) is 13.2 Å². The van der Waals surface area contributed by atoms with Crippen LogP contribution in [0.3, 0.4) is 0 Å². The van der Waals surface area contributed by atoms with Gasteiger partial charge in [-0.1, -0.05) is 38.5 Å². The van der Waals surface area contributed by atoms with Crippen molar-refractivity contribution in [3.05, 3.63) is 53.3 Å². The van der Waals surface area contributed by atoms with Gasteiger partial charge in [0.25, 0.3) is 0 Å². The Morgan fingerprint density at radius 1 is 1.04 bits per heavy atom. The zero-order chi connectivity index (χ0) is 20.1. The zero-order valence-corrected chi connectivity index (χ0v) is 16.4. The van der Waals surface area contributed by atoms with Crippen LogP contribution in [-0.4, -0.2) is 19.3 Å². The van der Waals surface area contributed by atoms with Crippen LogP contribution in [0.2, 0.25) is 0 Å². The van der Waals surface area contributed by atoms with E-state index in [4.69, 9.17) is 9.47 Å².